The summed E-state index contributed by atoms with van der Waals surface area (Å²) in [6.07, 6.45) is 35.6. The Morgan fingerprint density at radius 1 is 0.522 bits per heavy atom. The molecule has 0 saturated heterocycles. The van der Waals surface area contributed by atoms with Crippen LogP contribution in [0.3, 0.4) is 0 Å². The SMILES string of the molecule is C#C[Si](C#C)(C#C)CCCCCCCCCCCCCCCC. The highest BCUT2D eigenvalue weighted by Gasteiger charge is 2.25. The summed E-state index contributed by atoms with van der Waals surface area (Å²) in [5, 5.41) is 0. The topological polar surface area (TPSA) is 0 Å². The minimum Gasteiger partial charge on any atom is -0.125 e. The van der Waals surface area contributed by atoms with Crippen molar-refractivity contribution in [1.82, 2.24) is 0 Å². The van der Waals surface area contributed by atoms with Gasteiger partial charge in [0.1, 0.15) is 0 Å². The third-order valence-electron chi connectivity index (χ3n) is 4.64. The van der Waals surface area contributed by atoms with Crippen molar-refractivity contribution >= 4 is 8.07 Å². The molecule has 0 aromatic carbocycles. The summed E-state index contributed by atoms with van der Waals surface area (Å²) in [6, 6.07) is 0.897. The molecule has 0 nitrogen and oxygen atoms in total. The van der Waals surface area contributed by atoms with Crippen molar-refractivity contribution in [2.75, 3.05) is 0 Å². The standard InChI is InChI=1S/C22H36Si/c1-5-9-10-11-12-13-14-15-16-17-18-19-20-21-22-23(6-2,7-3)8-4/h2-4H,5,9-22H2,1H3. The normalized spacial score (nSPS) is 10.7. The van der Waals surface area contributed by atoms with Gasteiger partial charge in [0.05, 0.1) is 0 Å². The van der Waals surface area contributed by atoms with Crippen molar-refractivity contribution in [2.45, 2.75) is 103 Å². The summed E-state index contributed by atoms with van der Waals surface area (Å²) in [4.78, 5) is 0. The van der Waals surface area contributed by atoms with Crippen molar-refractivity contribution in [3.63, 3.8) is 0 Å². The van der Waals surface area contributed by atoms with E-state index >= 15 is 0 Å². The zero-order valence-electron chi connectivity index (χ0n) is 15.3. The van der Waals surface area contributed by atoms with Crippen LogP contribution in [0, 0.1) is 35.9 Å². The predicted octanol–water partition coefficient (Wildman–Crippen LogP) is 6.43. The van der Waals surface area contributed by atoms with Crippen molar-refractivity contribution in [3.05, 3.63) is 0 Å². The van der Waals surface area contributed by atoms with E-state index in [1.54, 1.807) is 0 Å². The van der Waals surface area contributed by atoms with Gasteiger partial charge in [-0.25, -0.2) is 0 Å². The number of terminal acetylenes is 3. The van der Waals surface area contributed by atoms with E-state index in [0.29, 0.717) is 0 Å². The lowest BCUT2D eigenvalue weighted by Crippen LogP contribution is -2.29. The second kappa shape index (κ2) is 15.8. The average molecular weight is 329 g/mol. The van der Waals surface area contributed by atoms with Gasteiger partial charge in [-0.2, -0.15) is 0 Å². The second-order valence-corrected chi connectivity index (χ2v) is 9.86. The van der Waals surface area contributed by atoms with Crippen LogP contribution in [0.2, 0.25) is 6.04 Å². The maximum absolute atomic E-state index is 5.51. The molecule has 1 heteroatoms. The molecule has 128 valence electrons. The summed E-state index contributed by atoms with van der Waals surface area (Å²) in [7, 11) is -2.24. The zero-order chi connectivity index (χ0) is 17.2. The summed E-state index contributed by atoms with van der Waals surface area (Å²) < 4.78 is 0. The molecule has 0 N–H and O–H groups in total. The smallest absolute Gasteiger partial charge is 0.125 e. The minimum absolute atomic E-state index is 0.897. The first kappa shape index (κ1) is 21.9. The summed E-state index contributed by atoms with van der Waals surface area (Å²) >= 11 is 0. The third kappa shape index (κ3) is 12.0. The van der Waals surface area contributed by atoms with Crippen LogP contribution in [0.4, 0.5) is 0 Å². The molecule has 23 heavy (non-hydrogen) atoms. The number of rotatable bonds is 15. The lowest BCUT2D eigenvalue weighted by Gasteiger charge is -2.11. The fourth-order valence-electron chi connectivity index (χ4n) is 2.93. The van der Waals surface area contributed by atoms with E-state index in [2.05, 4.69) is 23.6 Å². The fraction of sp³-hybridized carbons (Fsp3) is 0.727. The van der Waals surface area contributed by atoms with Gasteiger partial charge >= 0.3 is 0 Å². The molecule has 0 fully saturated rings. The number of hydrogen-bond donors (Lipinski definition) is 0. The number of unbranched alkanes of at least 4 members (excludes halogenated alkanes) is 13. The Labute approximate surface area is 147 Å². The van der Waals surface area contributed by atoms with E-state index < -0.39 is 8.07 Å². The Morgan fingerprint density at radius 2 is 0.826 bits per heavy atom. The number of hydrogen-bond acceptors (Lipinski definition) is 0. The fourth-order valence-corrected chi connectivity index (χ4v) is 4.39. The molecule has 0 aromatic rings. The first-order chi connectivity index (χ1) is 11.2. The average Bonchev–Trinajstić information content (AvgIpc) is 2.59. The Balaban J connectivity index is 3.31. The zero-order valence-corrected chi connectivity index (χ0v) is 16.3. The molecule has 0 unspecified atom stereocenters. The van der Waals surface area contributed by atoms with Crippen LogP contribution in [0.15, 0.2) is 0 Å². The molecule has 0 saturated carbocycles. The monoisotopic (exact) mass is 328 g/mol. The van der Waals surface area contributed by atoms with Gasteiger partial charge in [-0.3, -0.25) is 0 Å². The van der Waals surface area contributed by atoms with E-state index in [-0.39, 0.29) is 0 Å². The van der Waals surface area contributed by atoms with Crippen LogP contribution in [0.5, 0.6) is 0 Å². The third-order valence-corrected chi connectivity index (χ3v) is 7.23. The van der Waals surface area contributed by atoms with Gasteiger partial charge in [0.25, 0.3) is 8.07 Å². The highest BCUT2D eigenvalue weighted by atomic mass is 28.3. The molecular weight excluding hydrogens is 292 g/mol. The van der Waals surface area contributed by atoms with Gasteiger partial charge in [-0.1, -0.05) is 96.8 Å². The van der Waals surface area contributed by atoms with Gasteiger partial charge in [0.15, 0.2) is 0 Å². The Bertz CT molecular complexity index is 352. The van der Waals surface area contributed by atoms with Crippen LogP contribution in [0.25, 0.3) is 0 Å². The lowest BCUT2D eigenvalue weighted by atomic mass is 10.0. The molecule has 0 atom stereocenters. The largest absolute Gasteiger partial charge is 0.289 e. The first-order valence-electron chi connectivity index (χ1n) is 9.68. The maximum atomic E-state index is 5.51. The Kier molecular flexibility index (Phi) is 15.0. The van der Waals surface area contributed by atoms with Crippen molar-refractivity contribution < 1.29 is 0 Å². The maximum Gasteiger partial charge on any atom is 0.289 e. The second-order valence-electron chi connectivity index (χ2n) is 6.68. The van der Waals surface area contributed by atoms with Gasteiger partial charge in [-0.05, 0) is 6.04 Å². The van der Waals surface area contributed by atoms with Gasteiger partial charge in [0.2, 0.25) is 0 Å². The van der Waals surface area contributed by atoms with Crippen LogP contribution < -0.4 is 0 Å². The molecular formula is C22H36Si. The quantitative estimate of drug-likeness (QED) is 0.184. The van der Waals surface area contributed by atoms with E-state index in [1.165, 1.54) is 83.5 Å². The van der Waals surface area contributed by atoms with E-state index in [9.17, 15) is 0 Å². The van der Waals surface area contributed by atoms with E-state index in [0.717, 1.165) is 12.5 Å². The van der Waals surface area contributed by atoms with E-state index in [4.69, 9.17) is 19.3 Å². The molecule has 0 aliphatic carbocycles. The van der Waals surface area contributed by atoms with Crippen molar-refractivity contribution in [2.24, 2.45) is 0 Å². The molecule has 0 aromatic heterocycles. The highest BCUT2D eigenvalue weighted by Crippen LogP contribution is 2.16. The van der Waals surface area contributed by atoms with Crippen molar-refractivity contribution in [3.8, 4) is 35.9 Å². The van der Waals surface area contributed by atoms with Gasteiger partial charge in [-0.15, -0.1) is 35.9 Å². The molecule has 0 bridgehead atoms. The minimum atomic E-state index is -2.24. The molecule has 0 rings (SSSR count). The van der Waals surface area contributed by atoms with Crippen LogP contribution >= 0.6 is 0 Å². The highest BCUT2D eigenvalue weighted by molar-refractivity contribution is 7.00. The summed E-state index contributed by atoms with van der Waals surface area (Å²) in [5.74, 6) is 0. The Morgan fingerprint density at radius 3 is 1.13 bits per heavy atom. The summed E-state index contributed by atoms with van der Waals surface area (Å²) in [6.45, 7) is 2.28. The lowest BCUT2D eigenvalue weighted by molar-refractivity contribution is 0.538. The predicted molar refractivity (Wildman–Crippen MR) is 107 cm³/mol. The Hall–Kier alpha value is -1.10. The first-order valence-corrected chi connectivity index (χ1v) is 11.9. The van der Waals surface area contributed by atoms with E-state index in [1.807, 2.05) is 0 Å². The molecule has 0 aliphatic heterocycles. The van der Waals surface area contributed by atoms with Gasteiger partial charge in [0, 0.05) is 0 Å². The van der Waals surface area contributed by atoms with Crippen LogP contribution in [-0.4, -0.2) is 8.07 Å². The molecule has 0 heterocycles. The molecule has 0 radical (unpaired) electrons. The molecule has 0 aliphatic rings. The van der Waals surface area contributed by atoms with Crippen LogP contribution in [0.1, 0.15) is 96.8 Å². The van der Waals surface area contributed by atoms with Gasteiger partial charge < -0.3 is 0 Å². The van der Waals surface area contributed by atoms with Crippen molar-refractivity contribution in [1.29, 1.82) is 0 Å². The van der Waals surface area contributed by atoms with Crippen LogP contribution in [-0.2, 0) is 0 Å². The summed E-state index contributed by atoms with van der Waals surface area (Å²) in [5.41, 5.74) is 8.18. The molecule has 0 spiro atoms. The molecule has 0 amide bonds.